The Kier molecular flexibility index (Phi) is 7.83. The van der Waals surface area contributed by atoms with Crippen LogP contribution in [0.1, 0.15) is 19.3 Å². The highest BCUT2D eigenvalue weighted by Gasteiger charge is 2.07. The van der Waals surface area contributed by atoms with Crippen LogP contribution in [-0.4, -0.2) is 36.2 Å². The van der Waals surface area contributed by atoms with E-state index in [0.29, 0.717) is 6.61 Å². The SMILES string of the molecule is NN.OCCN1CCCCC1. The van der Waals surface area contributed by atoms with Gasteiger partial charge in [-0.3, -0.25) is 11.7 Å². The van der Waals surface area contributed by atoms with Crippen molar-refractivity contribution in [2.24, 2.45) is 11.7 Å². The van der Waals surface area contributed by atoms with Gasteiger partial charge in [-0.2, -0.15) is 0 Å². The molecule has 1 rings (SSSR count). The molecule has 0 atom stereocenters. The van der Waals surface area contributed by atoms with Gasteiger partial charge in [0.25, 0.3) is 0 Å². The van der Waals surface area contributed by atoms with Crippen molar-refractivity contribution in [2.75, 3.05) is 26.2 Å². The fourth-order valence-corrected chi connectivity index (χ4v) is 1.32. The Labute approximate surface area is 68.1 Å². The summed E-state index contributed by atoms with van der Waals surface area (Å²) in [6.45, 7) is 3.58. The lowest BCUT2D eigenvalue weighted by Gasteiger charge is -2.25. The van der Waals surface area contributed by atoms with Crippen LogP contribution in [0.15, 0.2) is 0 Å². The van der Waals surface area contributed by atoms with Gasteiger partial charge in [0.05, 0.1) is 6.61 Å². The summed E-state index contributed by atoms with van der Waals surface area (Å²) >= 11 is 0. The van der Waals surface area contributed by atoms with E-state index in [1.807, 2.05) is 0 Å². The average Bonchev–Trinajstić information content (AvgIpc) is 2.11. The lowest BCUT2D eigenvalue weighted by Crippen LogP contribution is -2.31. The molecule has 0 bridgehead atoms. The number of aliphatic hydroxyl groups is 1. The Bertz CT molecular complexity index is 71.3. The summed E-state index contributed by atoms with van der Waals surface area (Å²) in [4.78, 5) is 2.32. The van der Waals surface area contributed by atoms with E-state index < -0.39 is 0 Å². The van der Waals surface area contributed by atoms with Gasteiger partial charge in [-0.1, -0.05) is 6.42 Å². The minimum Gasteiger partial charge on any atom is -0.395 e. The number of hydrazine groups is 1. The summed E-state index contributed by atoms with van der Waals surface area (Å²) in [5.41, 5.74) is 0. The smallest absolute Gasteiger partial charge is 0.0558 e. The molecule has 0 radical (unpaired) electrons. The van der Waals surface area contributed by atoms with Gasteiger partial charge in [0.15, 0.2) is 0 Å². The van der Waals surface area contributed by atoms with Crippen molar-refractivity contribution >= 4 is 0 Å². The molecular formula is C7H19N3O. The van der Waals surface area contributed by atoms with Crippen molar-refractivity contribution in [1.29, 1.82) is 0 Å². The molecule has 5 N–H and O–H groups in total. The second kappa shape index (κ2) is 7.94. The zero-order valence-electron chi connectivity index (χ0n) is 7.00. The molecule has 0 aromatic carbocycles. The monoisotopic (exact) mass is 161 g/mol. The van der Waals surface area contributed by atoms with E-state index in [4.69, 9.17) is 5.11 Å². The van der Waals surface area contributed by atoms with E-state index in [0.717, 1.165) is 6.54 Å². The number of piperidine rings is 1. The molecule has 0 unspecified atom stereocenters. The number of aliphatic hydroxyl groups excluding tert-OH is 1. The zero-order chi connectivity index (χ0) is 8.53. The van der Waals surface area contributed by atoms with Crippen LogP contribution in [0.2, 0.25) is 0 Å². The first-order valence-corrected chi connectivity index (χ1v) is 4.10. The minimum atomic E-state index is 0.319. The molecule has 0 spiro atoms. The first-order chi connectivity index (χ1) is 5.43. The number of rotatable bonds is 2. The van der Waals surface area contributed by atoms with Crippen molar-refractivity contribution in [3.05, 3.63) is 0 Å². The number of nitrogens with zero attached hydrogens (tertiary/aromatic N) is 1. The summed E-state index contributed by atoms with van der Waals surface area (Å²) < 4.78 is 0. The van der Waals surface area contributed by atoms with Crippen molar-refractivity contribution < 1.29 is 5.11 Å². The topological polar surface area (TPSA) is 75.5 Å². The van der Waals surface area contributed by atoms with E-state index in [9.17, 15) is 0 Å². The highest BCUT2D eigenvalue weighted by atomic mass is 16.3. The predicted octanol–water partition coefficient (Wildman–Crippen LogP) is -0.717. The number of hydrogen-bond donors (Lipinski definition) is 3. The molecular weight excluding hydrogens is 142 g/mol. The van der Waals surface area contributed by atoms with Gasteiger partial charge in [-0.25, -0.2) is 0 Å². The zero-order valence-corrected chi connectivity index (χ0v) is 7.00. The molecule has 1 heterocycles. The Hall–Kier alpha value is -0.160. The summed E-state index contributed by atoms with van der Waals surface area (Å²) in [7, 11) is 0. The van der Waals surface area contributed by atoms with E-state index in [-0.39, 0.29) is 0 Å². The molecule has 4 heteroatoms. The molecule has 0 aromatic heterocycles. The molecule has 0 saturated carbocycles. The van der Waals surface area contributed by atoms with Crippen LogP contribution in [-0.2, 0) is 0 Å². The standard InChI is InChI=1S/C7H15NO.H4N2/c9-7-6-8-4-2-1-3-5-8;1-2/h9H,1-7H2;1-2H2. The number of β-amino-alcohol motifs (C(OH)–C–C–N with tert-alkyl or cyclic N) is 1. The molecule has 11 heavy (non-hydrogen) atoms. The van der Waals surface area contributed by atoms with Crippen molar-refractivity contribution in [1.82, 2.24) is 4.90 Å². The van der Waals surface area contributed by atoms with Crippen molar-refractivity contribution in [3.63, 3.8) is 0 Å². The van der Waals surface area contributed by atoms with Crippen LogP contribution in [0.3, 0.4) is 0 Å². The van der Waals surface area contributed by atoms with Crippen LogP contribution < -0.4 is 11.7 Å². The fraction of sp³-hybridized carbons (Fsp3) is 1.00. The Morgan fingerprint density at radius 2 is 1.64 bits per heavy atom. The van der Waals surface area contributed by atoms with Gasteiger partial charge < -0.3 is 10.0 Å². The average molecular weight is 161 g/mol. The maximum atomic E-state index is 8.58. The third-order valence-electron chi connectivity index (χ3n) is 1.86. The third kappa shape index (κ3) is 5.15. The minimum absolute atomic E-state index is 0.319. The van der Waals surface area contributed by atoms with E-state index in [2.05, 4.69) is 16.6 Å². The molecule has 68 valence electrons. The summed E-state index contributed by atoms with van der Waals surface area (Å²) in [6, 6.07) is 0. The molecule has 0 amide bonds. The fourth-order valence-electron chi connectivity index (χ4n) is 1.32. The van der Waals surface area contributed by atoms with Crippen LogP contribution in [0.5, 0.6) is 0 Å². The quantitative estimate of drug-likeness (QED) is 0.369. The maximum Gasteiger partial charge on any atom is 0.0558 e. The van der Waals surface area contributed by atoms with Crippen LogP contribution in [0.25, 0.3) is 0 Å². The molecule has 0 aliphatic carbocycles. The van der Waals surface area contributed by atoms with Gasteiger partial charge in [0, 0.05) is 6.54 Å². The van der Waals surface area contributed by atoms with Crippen molar-refractivity contribution in [2.45, 2.75) is 19.3 Å². The highest BCUT2D eigenvalue weighted by Crippen LogP contribution is 2.06. The second-order valence-electron chi connectivity index (χ2n) is 2.63. The van der Waals surface area contributed by atoms with E-state index >= 15 is 0 Å². The first-order valence-electron chi connectivity index (χ1n) is 4.10. The van der Waals surface area contributed by atoms with Crippen molar-refractivity contribution in [3.8, 4) is 0 Å². The lowest BCUT2D eigenvalue weighted by molar-refractivity contribution is 0.173. The summed E-state index contributed by atoms with van der Waals surface area (Å²) in [5.74, 6) is 8.00. The number of nitrogens with two attached hydrogens (primary N) is 2. The summed E-state index contributed by atoms with van der Waals surface area (Å²) in [6.07, 6.45) is 4.02. The summed E-state index contributed by atoms with van der Waals surface area (Å²) in [5, 5.41) is 8.58. The molecule has 1 saturated heterocycles. The Morgan fingerprint density at radius 3 is 2.09 bits per heavy atom. The van der Waals surface area contributed by atoms with Crippen LogP contribution in [0.4, 0.5) is 0 Å². The molecule has 0 aromatic rings. The number of hydrogen-bond acceptors (Lipinski definition) is 4. The number of likely N-dealkylation sites (tertiary alicyclic amines) is 1. The first kappa shape index (κ1) is 10.8. The van der Waals surface area contributed by atoms with Crippen LogP contribution >= 0.6 is 0 Å². The second-order valence-corrected chi connectivity index (χ2v) is 2.63. The largest absolute Gasteiger partial charge is 0.395 e. The van der Waals surface area contributed by atoms with E-state index in [1.54, 1.807) is 0 Å². The Balaban J connectivity index is 0.000000461. The normalized spacial score (nSPS) is 18.8. The van der Waals surface area contributed by atoms with Gasteiger partial charge in [0.1, 0.15) is 0 Å². The van der Waals surface area contributed by atoms with Gasteiger partial charge >= 0.3 is 0 Å². The Morgan fingerprint density at radius 1 is 1.09 bits per heavy atom. The third-order valence-corrected chi connectivity index (χ3v) is 1.86. The molecule has 1 fully saturated rings. The van der Waals surface area contributed by atoms with Gasteiger partial charge in [-0.15, -0.1) is 0 Å². The highest BCUT2D eigenvalue weighted by molar-refractivity contribution is 4.62. The van der Waals surface area contributed by atoms with E-state index in [1.165, 1.54) is 32.4 Å². The predicted molar refractivity (Wildman–Crippen MR) is 45.8 cm³/mol. The maximum absolute atomic E-state index is 8.58. The van der Waals surface area contributed by atoms with Gasteiger partial charge in [-0.05, 0) is 25.9 Å². The molecule has 4 nitrogen and oxygen atoms in total. The molecule has 1 aliphatic heterocycles. The molecule has 1 aliphatic rings. The lowest BCUT2D eigenvalue weighted by atomic mass is 10.1. The van der Waals surface area contributed by atoms with Crippen LogP contribution in [0, 0.1) is 0 Å². The van der Waals surface area contributed by atoms with Gasteiger partial charge in [0.2, 0.25) is 0 Å².